The lowest BCUT2D eigenvalue weighted by Crippen LogP contribution is -2.35. The van der Waals surface area contributed by atoms with Gasteiger partial charge in [0.25, 0.3) is 0 Å². The number of rotatable bonds is 5. The van der Waals surface area contributed by atoms with Gasteiger partial charge in [-0.1, -0.05) is 0 Å². The summed E-state index contributed by atoms with van der Waals surface area (Å²) in [4.78, 5) is 25.1. The molecule has 126 valence electrons. The van der Waals surface area contributed by atoms with Gasteiger partial charge >= 0.3 is 5.69 Å². The molecule has 0 amide bonds. The fourth-order valence-corrected chi connectivity index (χ4v) is 3.35. The topological polar surface area (TPSA) is 119 Å². The van der Waals surface area contributed by atoms with Crippen LogP contribution in [-0.4, -0.2) is 47.9 Å². The van der Waals surface area contributed by atoms with Crippen molar-refractivity contribution in [2.45, 2.75) is 19.3 Å². The predicted molar refractivity (Wildman–Crippen MR) is 85.6 cm³/mol. The number of nitrogens with zero attached hydrogens (tertiary/aromatic N) is 4. The zero-order valence-corrected chi connectivity index (χ0v) is 13.6. The number of hydrogen-bond donors (Lipinski definition) is 2. The molecule has 2 N–H and O–H groups in total. The molecule has 0 saturated carbocycles. The van der Waals surface area contributed by atoms with Crippen molar-refractivity contribution in [1.82, 2.24) is 24.2 Å². The van der Waals surface area contributed by atoms with Crippen molar-refractivity contribution in [2.24, 2.45) is 13.0 Å². The Morgan fingerprint density at radius 2 is 2.17 bits per heavy atom. The van der Waals surface area contributed by atoms with Crippen LogP contribution < -0.4 is 15.3 Å². The normalized spacial score (nSPS) is 17.7. The van der Waals surface area contributed by atoms with Crippen LogP contribution in [0.25, 0.3) is 11.2 Å². The molecule has 3 heterocycles. The zero-order chi connectivity index (χ0) is 16.4. The van der Waals surface area contributed by atoms with E-state index in [4.69, 9.17) is 0 Å². The van der Waals surface area contributed by atoms with Gasteiger partial charge < -0.3 is 9.45 Å². The van der Waals surface area contributed by atoms with Crippen LogP contribution in [0.1, 0.15) is 19.3 Å². The molecule has 23 heavy (non-hydrogen) atoms. The average Bonchev–Trinajstić information content (AvgIpc) is 2.83. The Morgan fingerprint density at radius 3 is 2.87 bits per heavy atom. The molecule has 1 aliphatic heterocycles. The van der Waals surface area contributed by atoms with Crippen molar-refractivity contribution in [3.05, 3.63) is 16.8 Å². The van der Waals surface area contributed by atoms with Crippen LogP contribution in [0, 0.1) is 5.92 Å². The van der Waals surface area contributed by atoms with Gasteiger partial charge in [-0.2, -0.15) is 0 Å². The van der Waals surface area contributed by atoms with Crippen molar-refractivity contribution >= 4 is 28.2 Å². The van der Waals surface area contributed by atoms with Crippen molar-refractivity contribution in [3.63, 3.8) is 0 Å². The van der Waals surface area contributed by atoms with E-state index in [-0.39, 0.29) is 5.69 Å². The first-order chi connectivity index (χ1) is 11.1. The highest BCUT2D eigenvalue weighted by Crippen LogP contribution is 2.27. The molecule has 0 aliphatic carbocycles. The fraction of sp³-hybridized carbons (Fsp3) is 0.615. The van der Waals surface area contributed by atoms with Crippen LogP contribution in [0.2, 0.25) is 0 Å². The number of imidazole rings is 1. The van der Waals surface area contributed by atoms with E-state index < -0.39 is 11.3 Å². The van der Waals surface area contributed by atoms with Crippen molar-refractivity contribution < 1.29 is 8.76 Å². The minimum Gasteiger partial charge on any atom is -0.760 e. The maximum Gasteiger partial charge on any atom is 0.327 e. The molecule has 1 aliphatic rings. The fourth-order valence-electron chi connectivity index (χ4n) is 3.07. The van der Waals surface area contributed by atoms with E-state index in [0.29, 0.717) is 18.1 Å². The highest BCUT2D eigenvalue weighted by Gasteiger charge is 2.23. The summed E-state index contributed by atoms with van der Waals surface area (Å²) in [5.41, 5.74) is 1.07. The Morgan fingerprint density at radius 1 is 1.43 bits per heavy atom. The highest BCUT2D eigenvalue weighted by molar-refractivity contribution is 7.77. The lowest BCUT2D eigenvalue weighted by Gasteiger charge is -2.33. The van der Waals surface area contributed by atoms with Gasteiger partial charge in [-0.05, 0) is 25.2 Å². The minimum absolute atomic E-state index is 0.201. The molecule has 10 heteroatoms. The first-order valence-corrected chi connectivity index (χ1v) is 8.61. The average molecular weight is 339 g/mol. The molecule has 1 saturated heterocycles. The van der Waals surface area contributed by atoms with Gasteiger partial charge in [0.15, 0.2) is 11.5 Å². The maximum atomic E-state index is 11.8. The highest BCUT2D eigenvalue weighted by atomic mass is 32.2. The number of anilines is 1. The summed E-state index contributed by atoms with van der Waals surface area (Å²) in [6.45, 7) is 2.14. The number of aromatic amines is 1. The van der Waals surface area contributed by atoms with Gasteiger partial charge in [0.2, 0.25) is 0 Å². The van der Waals surface area contributed by atoms with Crippen LogP contribution >= 0.6 is 0 Å². The van der Waals surface area contributed by atoms with E-state index >= 15 is 0 Å². The molecule has 0 spiro atoms. The summed E-state index contributed by atoms with van der Waals surface area (Å²) in [6.07, 6.45) is 4.24. The van der Waals surface area contributed by atoms with Crippen LogP contribution in [0.3, 0.4) is 0 Å². The Hall–Kier alpha value is -1.78. The third-order valence-corrected chi connectivity index (χ3v) is 4.79. The van der Waals surface area contributed by atoms with E-state index in [1.807, 2.05) is 0 Å². The third-order valence-electron chi connectivity index (χ3n) is 4.35. The van der Waals surface area contributed by atoms with E-state index in [0.717, 1.165) is 43.7 Å². The standard InChI is InChI=1S/C13H20N6O3S/c1-18-10-11(17-13(18)20)14-8-15-12(10)19-6-3-9(4-7-19)2-5-16-23(21)22/h8-9,16H,2-7H2,1H3,(H,21,22)(H,14,15,17,20)/p-1. The molecular formula is C13H19N6O3S-. The van der Waals surface area contributed by atoms with E-state index in [1.54, 1.807) is 7.05 Å². The molecule has 1 unspecified atom stereocenters. The summed E-state index contributed by atoms with van der Waals surface area (Å²) in [5, 5.41) is 0. The largest absolute Gasteiger partial charge is 0.760 e. The molecular weight excluding hydrogens is 320 g/mol. The zero-order valence-electron chi connectivity index (χ0n) is 12.8. The van der Waals surface area contributed by atoms with Gasteiger partial charge in [0.05, 0.1) is 0 Å². The Kier molecular flexibility index (Phi) is 4.74. The second-order valence-corrected chi connectivity index (χ2v) is 6.49. The monoisotopic (exact) mass is 339 g/mol. The van der Waals surface area contributed by atoms with E-state index in [2.05, 4.69) is 24.6 Å². The van der Waals surface area contributed by atoms with Crippen LogP contribution in [0.4, 0.5) is 5.82 Å². The molecule has 0 aromatic carbocycles. The quantitative estimate of drug-likeness (QED) is 0.719. The maximum absolute atomic E-state index is 11.8. The van der Waals surface area contributed by atoms with Crippen LogP contribution in [0.15, 0.2) is 11.1 Å². The molecule has 2 aromatic rings. The Balaban J connectivity index is 1.68. The van der Waals surface area contributed by atoms with Crippen molar-refractivity contribution in [1.29, 1.82) is 0 Å². The number of H-pyrrole nitrogens is 1. The summed E-state index contributed by atoms with van der Waals surface area (Å²) >= 11 is -2.19. The number of fused-ring (bicyclic) bond motifs is 1. The molecule has 3 rings (SSSR count). The summed E-state index contributed by atoms with van der Waals surface area (Å²) in [6, 6.07) is 0. The third kappa shape index (κ3) is 3.43. The number of aromatic nitrogens is 4. The number of hydrogen-bond acceptors (Lipinski definition) is 6. The molecule has 0 bridgehead atoms. The van der Waals surface area contributed by atoms with Gasteiger partial charge in [0, 0.05) is 37.9 Å². The molecule has 1 fully saturated rings. The second kappa shape index (κ2) is 6.77. The smallest absolute Gasteiger partial charge is 0.327 e. The van der Waals surface area contributed by atoms with Crippen LogP contribution in [0.5, 0.6) is 0 Å². The number of nitrogens with one attached hydrogen (secondary N) is 2. The first kappa shape index (κ1) is 16.1. The number of aryl methyl sites for hydroxylation is 1. The lowest BCUT2D eigenvalue weighted by atomic mass is 9.93. The summed E-state index contributed by atoms with van der Waals surface area (Å²) in [5.74, 6) is 1.27. The van der Waals surface area contributed by atoms with Crippen molar-refractivity contribution in [2.75, 3.05) is 24.5 Å². The first-order valence-electron chi connectivity index (χ1n) is 7.53. The Bertz CT molecular complexity index is 765. The molecule has 2 aromatic heterocycles. The van der Waals surface area contributed by atoms with Crippen molar-refractivity contribution in [3.8, 4) is 0 Å². The summed E-state index contributed by atoms with van der Waals surface area (Å²) in [7, 11) is 1.70. The van der Waals surface area contributed by atoms with Crippen LogP contribution in [-0.2, 0) is 18.3 Å². The molecule has 0 radical (unpaired) electrons. The van der Waals surface area contributed by atoms with E-state index in [9.17, 15) is 13.6 Å². The SMILES string of the molecule is Cn1c(=O)[nH]c2ncnc(N3CCC(CCNS(=O)[O-])CC3)c21. The minimum atomic E-state index is -2.19. The van der Waals surface area contributed by atoms with Gasteiger partial charge in [-0.3, -0.25) is 13.8 Å². The predicted octanol–water partition coefficient (Wildman–Crippen LogP) is -0.353. The van der Waals surface area contributed by atoms with E-state index in [1.165, 1.54) is 10.9 Å². The second-order valence-electron chi connectivity index (χ2n) is 5.73. The van der Waals surface area contributed by atoms with Gasteiger partial charge in [0.1, 0.15) is 11.8 Å². The molecule has 1 atom stereocenters. The Labute approximate surface area is 135 Å². The van der Waals surface area contributed by atoms with Gasteiger partial charge in [-0.25, -0.2) is 19.5 Å². The molecule has 9 nitrogen and oxygen atoms in total. The lowest BCUT2D eigenvalue weighted by molar-refractivity contribution is 0.380. The summed E-state index contributed by atoms with van der Waals surface area (Å²) < 4.78 is 24.9. The number of piperidine rings is 1. The van der Waals surface area contributed by atoms with Gasteiger partial charge in [-0.15, -0.1) is 0 Å².